The Hall–Kier alpha value is -0.670. The minimum Gasteiger partial charge on any atom is -0.383 e. The summed E-state index contributed by atoms with van der Waals surface area (Å²) in [4.78, 5) is 0. The summed E-state index contributed by atoms with van der Waals surface area (Å²) >= 11 is 5.76. The molecule has 1 unspecified atom stereocenters. The van der Waals surface area contributed by atoms with Crippen molar-refractivity contribution in [2.24, 2.45) is 0 Å². The minimum atomic E-state index is -3.43. The lowest BCUT2D eigenvalue weighted by Gasteiger charge is -2.23. The summed E-state index contributed by atoms with van der Waals surface area (Å²) in [6.45, 7) is 1.98. The molecule has 1 saturated heterocycles. The van der Waals surface area contributed by atoms with Gasteiger partial charge in [-0.15, -0.1) is 0 Å². The van der Waals surface area contributed by atoms with E-state index >= 15 is 0 Å². The van der Waals surface area contributed by atoms with E-state index in [2.05, 4.69) is 9.82 Å². The largest absolute Gasteiger partial charge is 0.383 e. The van der Waals surface area contributed by atoms with Crippen molar-refractivity contribution in [2.75, 3.05) is 26.8 Å². The molecular weight excluding hydrogens is 316 g/mol. The van der Waals surface area contributed by atoms with E-state index in [-0.39, 0.29) is 6.04 Å². The molecule has 7 nitrogen and oxygen atoms in total. The maximum Gasteiger partial charge on any atom is 0.279 e. The Morgan fingerprint density at radius 3 is 3.05 bits per heavy atom. The number of rotatable bonds is 8. The van der Waals surface area contributed by atoms with E-state index < -0.39 is 10.2 Å². The summed E-state index contributed by atoms with van der Waals surface area (Å²) in [5, 5.41) is 4.62. The van der Waals surface area contributed by atoms with Crippen molar-refractivity contribution < 1.29 is 13.2 Å². The normalized spacial score (nSPS) is 20.2. The van der Waals surface area contributed by atoms with Crippen molar-refractivity contribution in [1.82, 2.24) is 18.8 Å². The highest BCUT2D eigenvalue weighted by atomic mass is 35.5. The molecule has 0 amide bonds. The maximum atomic E-state index is 12.2. The molecule has 0 radical (unpaired) electrons. The van der Waals surface area contributed by atoms with Crippen molar-refractivity contribution >= 4 is 21.8 Å². The molecule has 0 bridgehead atoms. The second-order valence-corrected chi connectivity index (χ2v) is 7.18. The van der Waals surface area contributed by atoms with E-state index in [1.165, 1.54) is 4.31 Å². The highest BCUT2D eigenvalue weighted by Crippen LogP contribution is 2.20. The summed E-state index contributed by atoms with van der Waals surface area (Å²) in [5.74, 6) is 0. The predicted molar refractivity (Wildman–Crippen MR) is 80.4 cm³/mol. The van der Waals surface area contributed by atoms with Crippen LogP contribution in [0.2, 0.25) is 5.02 Å². The summed E-state index contributed by atoms with van der Waals surface area (Å²) < 4.78 is 35.4. The van der Waals surface area contributed by atoms with Gasteiger partial charge in [-0.2, -0.15) is 17.8 Å². The number of halogens is 1. The van der Waals surface area contributed by atoms with Crippen LogP contribution in [0, 0.1) is 0 Å². The van der Waals surface area contributed by atoms with Gasteiger partial charge < -0.3 is 4.74 Å². The smallest absolute Gasteiger partial charge is 0.279 e. The second-order valence-electron chi connectivity index (χ2n) is 5.04. The van der Waals surface area contributed by atoms with Gasteiger partial charge >= 0.3 is 0 Å². The number of hydrogen-bond donors (Lipinski definition) is 1. The molecule has 1 fully saturated rings. The monoisotopic (exact) mass is 336 g/mol. The van der Waals surface area contributed by atoms with Crippen molar-refractivity contribution in [2.45, 2.75) is 31.8 Å². The molecule has 2 heterocycles. The molecule has 0 aliphatic carbocycles. The van der Waals surface area contributed by atoms with E-state index in [1.807, 2.05) is 0 Å². The van der Waals surface area contributed by atoms with E-state index in [0.29, 0.717) is 37.7 Å². The molecule has 1 N–H and O–H groups in total. The fraction of sp³-hybridized carbons (Fsp3) is 0.750. The van der Waals surface area contributed by atoms with Crippen LogP contribution < -0.4 is 4.72 Å². The highest BCUT2D eigenvalue weighted by Gasteiger charge is 2.33. The molecule has 0 spiro atoms. The van der Waals surface area contributed by atoms with Crippen LogP contribution in [0.5, 0.6) is 0 Å². The van der Waals surface area contributed by atoms with Gasteiger partial charge in [0.15, 0.2) is 0 Å². The molecule has 0 saturated carbocycles. The zero-order chi connectivity index (χ0) is 15.3. The lowest BCUT2D eigenvalue weighted by molar-refractivity contribution is 0.148. The number of aryl methyl sites for hydroxylation is 1. The summed E-state index contributed by atoms with van der Waals surface area (Å²) in [6, 6.07) is -0.0579. The first kappa shape index (κ1) is 16.7. The van der Waals surface area contributed by atoms with Crippen molar-refractivity contribution in [3.63, 3.8) is 0 Å². The van der Waals surface area contributed by atoms with Crippen molar-refractivity contribution in [1.29, 1.82) is 0 Å². The van der Waals surface area contributed by atoms with Gasteiger partial charge in [0.2, 0.25) is 0 Å². The standard InChI is InChI=1S/C12H21ClN4O3S/c1-20-10-12-4-2-7-17(12)21(18,19)15-5-3-6-16-9-11(13)8-14-16/h8-9,12,15H,2-7,10H2,1H3. The number of methoxy groups -OCH3 is 1. The van der Waals surface area contributed by atoms with Crippen LogP contribution in [0.3, 0.4) is 0 Å². The van der Waals surface area contributed by atoms with Gasteiger partial charge in [-0.3, -0.25) is 4.68 Å². The first-order valence-electron chi connectivity index (χ1n) is 6.96. The molecule has 1 atom stereocenters. The van der Waals surface area contributed by atoms with Gasteiger partial charge in [-0.1, -0.05) is 11.6 Å². The molecule has 2 rings (SSSR count). The van der Waals surface area contributed by atoms with Crippen LogP contribution in [-0.4, -0.2) is 55.4 Å². The fourth-order valence-corrected chi connectivity index (χ4v) is 4.12. The third-order valence-electron chi connectivity index (χ3n) is 3.44. The van der Waals surface area contributed by atoms with E-state index in [9.17, 15) is 8.42 Å². The van der Waals surface area contributed by atoms with Gasteiger partial charge in [-0.25, -0.2) is 4.72 Å². The Bertz CT molecular complexity index is 548. The number of nitrogens with zero attached hydrogens (tertiary/aromatic N) is 3. The first-order chi connectivity index (χ1) is 10.0. The average Bonchev–Trinajstić information content (AvgIpc) is 3.05. The Kier molecular flexibility index (Phi) is 6.00. The zero-order valence-corrected chi connectivity index (χ0v) is 13.6. The van der Waals surface area contributed by atoms with Crippen molar-refractivity contribution in [3.8, 4) is 0 Å². The molecule has 1 aliphatic heterocycles. The van der Waals surface area contributed by atoms with Gasteiger partial charge in [-0.05, 0) is 19.3 Å². The van der Waals surface area contributed by atoms with Crippen LogP contribution in [0.25, 0.3) is 0 Å². The Morgan fingerprint density at radius 1 is 1.57 bits per heavy atom. The molecule has 9 heteroatoms. The topological polar surface area (TPSA) is 76.5 Å². The molecular formula is C12H21ClN4O3S. The molecule has 1 aliphatic rings. The summed E-state index contributed by atoms with van der Waals surface area (Å²) in [6.07, 6.45) is 5.65. The van der Waals surface area contributed by atoms with Gasteiger partial charge in [0.1, 0.15) is 0 Å². The van der Waals surface area contributed by atoms with Crippen LogP contribution in [0.15, 0.2) is 12.4 Å². The fourth-order valence-electron chi connectivity index (χ4n) is 2.47. The van der Waals surface area contributed by atoms with Gasteiger partial charge in [0.25, 0.3) is 10.2 Å². The van der Waals surface area contributed by atoms with Gasteiger partial charge in [0, 0.05) is 39.0 Å². The van der Waals surface area contributed by atoms with Crippen LogP contribution in [0.4, 0.5) is 0 Å². The SMILES string of the molecule is COCC1CCCN1S(=O)(=O)NCCCn1cc(Cl)cn1. The van der Waals surface area contributed by atoms with Crippen molar-refractivity contribution in [3.05, 3.63) is 17.4 Å². The Labute approximate surface area is 130 Å². The van der Waals surface area contributed by atoms with E-state index in [0.717, 1.165) is 12.8 Å². The maximum absolute atomic E-state index is 12.2. The second kappa shape index (κ2) is 7.55. The molecule has 1 aromatic heterocycles. The van der Waals surface area contributed by atoms with Crippen LogP contribution in [-0.2, 0) is 21.5 Å². The molecule has 1 aromatic rings. The van der Waals surface area contributed by atoms with Gasteiger partial charge in [0.05, 0.1) is 17.8 Å². The molecule has 21 heavy (non-hydrogen) atoms. The number of nitrogens with one attached hydrogen (secondary N) is 1. The third kappa shape index (κ3) is 4.65. The highest BCUT2D eigenvalue weighted by molar-refractivity contribution is 7.87. The third-order valence-corrected chi connectivity index (χ3v) is 5.30. The zero-order valence-electron chi connectivity index (χ0n) is 12.0. The lowest BCUT2D eigenvalue weighted by Crippen LogP contribution is -2.45. The lowest BCUT2D eigenvalue weighted by atomic mass is 10.2. The average molecular weight is 337 g/mol. The van der Waals surface area contributed by atoms with E-state index in [4.69, 9.17) is 16.3 Å². The molecule has 120 valence electrons. The number of ether oxygens (including phenoxy) is 1. The predicted octanol–water partition coefficient (Wildman–Crippen LogP) is 0.872. The van der Waals surface area contributed by atoms with E-state index in [1.54, 1.807) is 24.2 Å². The number of aromatic nitrogens is 2. The number of hydrogen-bond acceptors (Lipinski definition) is 4. The summed E-state index contributed by atoms with van der Waals surface area (Å²) in [5.41, 5.74) is 0. The first-order valence-corrected chi connectivity index (χ1v) is 8.78. The van der Waals surface area contributed by atoms with Crippen LogP contribution in [0.1, 0.15) is 19.3 Å². The Morgan fingerprint density at radius 2 is 2.38 bits per heavy atom. The van der Waals surface area contributed by atoms with Crippen LogP contribution >= 0.6 is 11.6 Å². The quantitative estimate of drug-likeness (QED) is 0.715. The minimum absolute atomic E-state index is 0.0579. The Balaban J connectivity index is 1.78. The molecule has 0 aromatic carbocycles. The summed E-state index contributed by atoms with van der Waals surface area (Å²) in [7, 11) is -1.84.